The van der Waals surface area contributed by atoms with Crippen LogP contribution >= 0.6 is 0 Å². The van der Waals surface area contributed by atoms with Crippen molar-refractivity contribution < 1.29 is 13.7 Å². The van der Waals surface area contributed by atoms with Crippen molar-refractivity contribution in [3.05, 3.63) is 78.2 Å². The molecule has 1 aliphatic rings. The molecule has 4 aromatic carbocycles. The molecule has 0 fully saturated rings. The number of nitrogens with zero attached hydrogens (tertiary/aromatic N) is 1. The number of hydrogen-bond donors (Lipinski definition) is 0. The van der Waals surface area contributed by atoms with Crippen LogP contribution in [0.3, 0.4) is 0 Å². The number of halogens is 1. The largest absolute Gasteiger partial charge is 0.456 e. The Morgan fingerprint density at radius 3 is 2.54 bits per heavy atom. The predicted octanol–water partition coefficient (Wildman–Crippen LogP) is 6.19. The molecule has 0 spiro atoms. The number of hydrogen-bond acceptors (Lipinski definition) is 1. The lowest BCUT2D eigenvalue weighted by molar-refractivity contribution is -0.659. The van der Waals surface area contributed by atoms with E-state index in [4.69, 9.17) is 4.74 Å². The summed E-state index contributed by atoms with van der Waals surface area (Å²) in [7, 11) is 2.07. The minimum absolute atomic E-state index is 0.237. The minimum Gasteiger partial charge on any atom is -0.456 e. The van der Waals surface area contributed by atoms with Crippen LogP contribution in [0.5, 0.6) is 11.5 Å². The molecule has 0 saturated carbocycles. The second kappa shape index (κ2) is 5.29. The summed E-state index contributed by atoms with van der Waals surface area (Å²) in [5.74, 6) is 1.39. The van der Waals surface area contributed by atoms with E-state index < -0.39 is 0 Å². The van der Waals surface area contributed by atoms with Gasteiger partial charge in [-0.25, -0.2) is 8.96 Å². The van der Waals surface area contributed by atoms with Gasteiger partial charge < -0.3 is 4.74 Å². The fourth-order valence-electron chi connectivity index (χ4n) is 4.61. The average Bonchev–Trinajstić information content (AvgIpc) is 2.69. The lowest BCUT2D eigenvalue weighted by atomic mass is 9.90. The van der Waals surface area contributed by atoms with Crippen molar-refractivity contribution in [2.24, 2.45) is 7.05 Å². The molecule has 0 atom stereocenters. The summed E-state index contributed by atoms with van der Waals surface area (Å²) in [6.45, 7) is 2.16. The first-order valence-electron chi connectivity index (χ1n) is 9.37. The normalized spacial score (nSPS) is 12.4. The summed E-state index contributed by atoms with van der Waals surface area (Å²) in [5.41, 5.74) is 3.48. The third-order valence-corrected chi connectivity index (χ3v) is 5.89. The van der Waals surface area contributed by atoms with Crippen molar-refractivity contribution in [2.45, 2.75) is 6.92 Å². The molecule has 0 unspecified atom stereocenters. The van der Waals surface area contributed by atoms with Gasteiger partial charge in [-0.2, -0.15) is 0 Å². The Hall–Kier alpha value is -3.46. The highest BCUT2D eigenvalue weighted by Crippen LogP contribution is 2.49. The molecule has 134 valence electrons. The van der Waals surface area contributed by atoms with Crippen LogP contribution < -0.4 is 9.30 Å². The number of benzene rings is 4. The van der Waals surface area contributed by atoms with Crippen molar-refractivity contribution in [2.75, 3.05) is 0 Å². The maximum absolute atomic E-state index is 13.9. The molecular formula is C25H17FNO+. The molecule has 3 heteroatoms. The second-order valence-electron chi connectivity index (χ2n) is 7.50. The zero-order valence-corrected chi connectivity index (χ0v) is 15.6. The molecule has 0 saturated heterocycles. The highest BCUT2D eigenvalue weighted by molar-refractivity contribution is 6.15. The van der Waals surface area contributed by atoms with Gasteiger partial charge in [-0.1, -0.05) is 30.3 Å². The van der Waals surface area contributed by atoms with Crippen LogP contribution in [-0.4, -0.2) is 0 Å². The standard InChI is InChI=1S/C25H17FNO/c1-14-18-6-4-3-5-15(18)12-21-23(14)25-24-20(9-10-27(25)2)19-8-7-17(26)11-16(19)13-22(24)28-21/h3-13H,1-2H3/q+1. The summed E-state index contributed by atoms with van der Waals surface area (Å²) in [6, 6.07) is 19.5. The Kier molecular flexibility index (Phi) is 2.95. The number of aryl methyl sites for hydroxylation is 2. The Morgan fingerprint density at radius 2 is 1.64 bits per heavy atom. The fraction of sp³-hybridized carbons (Fsp3) is 0.0800. The number of aromatic nitrogens is 1. The molecule has 1 aliphatic heterocycles. The Morgan fingerprint density at radius 1 is 0.821 bits per heavy atom. The minimum atomic E-state index is -0.237. The molecule has 1 aromatic heterocycles. The van der Waals surface area contributed by atoms with E-state index in [0.29, 0.717) is 0 Å². The molecule has 5 aromatic rings. The van der Waals surface area contributed by atoms with Crippen molar-refractivity contribution in [1.82, 2.24) is 0 Å². The van der Waals surface area contributed by atoms with Gasteiger partial charge in [0.25, 0.3) is 0 Å². The lowest BCUT2D eigenvalue weighted by Crippen LogP contribution is -2.31. The molecular weight excluding hydrogens is 349 g/mol. The molecule has 0 N–H and O–H groups in total. The SMILES string of the molecule is Cc1c2c(cc3ccccc13)Oc1cc3cc(F)ccc3c3cc[n+](C)c-2c13. The van der Waals surface area contributed by atoms with E-state index in [-0.39, 0.29) is 5.82 Å². The number of ether oxygens (including phenoxy) is 1. The van der Waals surface area contributed by atoms with E-state index in [2.05, 4.69) is 55.1 Å². The quantitative estimate of drug-likeness (QED) is 0.231. The van der Waals surface area contributed by atoms with Crippen molar-refractivity contribution >= 4 is 32.3 Å². The fourth-order valence-corrected chi connectivity index (χ4v) is 4.61. The van der Waals surface area contributed by atoms with E-state index in [0.717, 1.165) is 49.7 Å². The molecule has 0 amide bonds. The average molecular weight is 366 g/mol. The molecule has 2 nitrogen and oxygen atoms in total. The van der Waals surface area contributed by atoms with E-state index in [1.165, 1.54) is 17.0 Å². The van der Waals surface area contributed by atoms with Crippen LogP contribution in [0.4, 0.5) is 4.39 Å². The first-order valence-corrected chi connectivity index (χ1v) is 9.37. The Balaban J connectivity index is 1.84. The van der Waals surface area contributed by atoms with Crippen molar-refractivity contribution in [3.8, 4) is 22.8 Å². The summed E-state index contributed by atoms with van der Waals surface area (Å²) in [5, 5.41) is 6.43. The van der Waals surface area contributed by atoms with Crippen LogP contribution in [-0.2, 0) is 7.05 Å². The molecule has 2 heterocycles. The van der Waals surface area contributed by atoms with Gasteiger partial charge in [0, 0.05) is 11.5 Å². The molecule has 28 heavy (non-hydrogen) atoms. The van der Waals surface area contributed by atoms with Gasteiger partial charge in [-0.3, -0.25) is 0 Å². The zero-order chi connectivity index (χ0) is 19.0. The summed E-state index contributed by atoms with van der Waals surface area (Å²) in [6.07, 6.45) is 2.08. The highest BCUT2D eigenvalue weighted by atomic mass is 19.1. The van der Waals surface area contributed by atoms with Crippen LogP contribution in [0, 0.1) is 12.7 Å². The van der Waals surface area contributed by atoms with Gasteiger partial charge in [0.2, 0.25) is 5.69 Å². The van der Waals surface area contributed by atoms with Crippen LogP contribution in [0.2, 0.25) is 0 Å². The lowest BCUT2D eigenvalue weighted by Gasteiger charge is -2.22. The van der Waals surface area contributed by atoms with Crippen molar-refractivity contribution in [3.63, 3.8) is 0 Å². The first kappa shape index (κ1) is 15.6. The van der Waals surface area contributed by atoms with Gasteiger partial charge in [-0.05, 0) is 58.3 Å². The predicted molar refractivity (Wildman–Crippen MR) is 110 cm³/mol. The molecule has 0 radical (unpaired) electrons. The third kappa shape index (κ3) is 1.93. The van der Waals surface area contributed by atoms with Crippen LogP contribution in [0.25, 0.3) is 43.6 Å². The third-order valence-electron chi connectivity index (χ3n) is 5.89. The van der Waals surface area contributed by atoms with E-state index in [1.54, 1.807) is 6.07 Å². The number of rotatable bonds is 0. The van der Waals surface area contributed by atoms with E-state index in [1.807, 2.05) is 18.2 Å². The number of fused-ring (bicyclic) bond motifs is 5. The Labute approximate surface area is 161 Å². The monoisotopic (exact) mass is 366 g/mol. The van der Waals surface area contributed by atoms with Crippen LogP contribution in [0.15, 0.2) is 66.9 Å². The highest BCUT2D eigenvalue weighted by Gasteiger charge is 2.30. The van der Waals surface area contributed by atoms with E-state index >= 15 is 0 Å². The maximum Gasteiger partial charge on any atom is 0.228 e. The van der Waals surface area contributed by atoms with Gasteiger partial charge in [-0.15, -0.1) is 0 Å². The maximum atomic E-state index is 13.9. The van der Waals surface area contributed by atoms with E-state index in [9.17, 15) is 4.39 Å². The molecule has 0 aliphatic carbocycles. The summed E-state index contributed by atoms with van der Waals surface area (Å²) < 4.78 is 22.4. The van der Waals surface area contributed by atoms with Crippen LogP contribution in [0.1, 0.15) is 5.56 Å². The second-order valence-corrected chi connectivity index (χ2v) is 7.50. The summed E-state index contributed by atoms with van der Waals surface area (Å²) in [4.78, 5) is 0. The molecule has 0 bridgehead atoms. The van der Waals surface area contributed by atoms with Crippen molar-refractivity contribution in [1.29, 1.82) is 0 Å². The van der Waals surface area contributed by atoms with Gasteiger partial charge in [0.1, 0.15) is 24.4 Å². The van der Waals surface area contributed by atoms with Gasteiger partial charge in [0.05, 0.1) is 10.9 Å². The molecule has 6 rings (SSSR count). The van der Waals surface area contributed by atoms with Gasteiger partial charge >= 0.3 is 0 Å². The number of pyridine rings is 1. The topological polar surface area (TPSA) is 13.1 Å². The zero-order valence-electron chi connectivity index (χ0n) is 15.6. The Bertz CT molecular complexity index is 1470. The summed E-state index contributed by atoms with van der Waals surface area (Å²) >= 11 is 0. The van der Waals surface area contributed by atoms with Gasteiger partial charge in [0.15, 0.2) is 6.20 Å². The smallest absolute Gasteiger partial charge is 0.228 e. The first-order chi connectivity index (χ1) is 13.6.